The molecule has 3 aliphatic rings. The van der Waals surface area contributed by atoms with Crippen LogP contribution in [0, 0.1) is 21.4 Å². The molecule has 5 rings (SSSR count). The minimum atomic E-state index is -4.41. The van der Waals surface area contributed by atoms with Gasteiger partial charge in [0.25, 0.3) is 15.7 Å². The third-order valence-electron chi connectivity index (χ3n) is 7.95. The normalized spacial score (nSPS) is 27.9. The largest absolute Gasteiger partial charge is 0.508 e. The number of aromatic hydroxyl groups is 1. The highest BCUT2D eigenvalue weighted by molar-refractivity contribution is 7.92. The van der Waals surface area contributed by atoms with E-state index in [9.17, 15) is 53.3 Å². The number of benzene rings is 2. The lowest BCUT2D eigenvalue weighted by Gasteiger charge is -2.51. The molecule has 0 heterocycles. The van der Waals surface area contributed by atoms with Crippen molar-refractivity contribution in [1.82, 2.24) is 0 Å². The number of phenolic OH excluding ortho intramolecular Hbond substituents is 1. The fourth-order valence-electron chi connectivity index (χ4n) is 5.99. The van der Waals surface area contributed by atoms with Gasteiger partial charge in [-0.15, -0.1) is 0 Å². The van der Waals surface area contributed by atoms with Crippen molar-refractivity contribution in [2.45, 2.75) is 42.3 Å². The molecule has 0 radical (unpaired) electrons. The molecule has 0 aromatic heterocycles. The molecular formula is C25H23N3O11S. The molecule has 15 heteroatoms. The molecule has 0 saturated heterocycles. The molecule has 14 nitrogen and oxygen atoms in total. The number of nitrogens with two attached hydrogens (primary N) is 1. The minimum Gasteiger partial charge on any atom is -0.508 e. The number of Topliss-reactive ketones (excluding diaryl/α,β-unsaturated/α-hetero) is 2. The molecule has 0 bridgehead atoms. The Hall–Kier alpha value is -4.34. The first-order valence-corrected chi connectivity index (χ1v) is 13.5. The van der Waals surface area contributed by atoms with Crippen molar-refractivity contribution < 1.29 is 48.2 Å². The standard InChI is InChI=1S/C25H23N3O11S/c26-23(34)24-9-11-1-6-16(27-40(38,39)15-4-2-13(3-5-15)28(36)37)20(31)18(11)21(32)19(24)22(33)25(35)12(10-24)7-14(29)8-17(25)30/h1-6,12,14,27,29,31,33,35H,7-10H2,(H2,26,34). The Bertz CT molecular complexity index is 1650. The van der Waals surface area contributed by atoms with Crippen LogP contribution in [0.5, 0.6) is 5.75 Å². The van der Waals surface area contributed by atoms with E-state index in [1.165, 1.54) is 6.07 Å². The van der Waals surface area contributed by atoms with Crippen LogP contribution in [0.4, 0.5) is 11.4 Å². The van der Waals surface area contributed by atoms with Crippen LogP contribution in [0.3, 0.4) is 0 Å². The number of rotatable bonds is 5. The third-order valence-corrected chi connectivity index (χ3v) is 9.33. The average molecular weight is 574 g/mol. The number of hydrogen-bond donors (Lipinski definition) is 6. The van der Waals surface area contributed by atoms with Gasteiger partial charge in [0, 0.05) is 24.5 Å². The minimum absolute atomic E-state index is 0.0873. The number of non-ortho nitro benzene ring substituents is 1. The van der Waals surface area contributed by atoms with Crippen LogP contribution in [-0.4, -0.2) is 62.9 Å². The smallest absolute Gasteiger partial charge is 0.269 e. The molecule has 0 spiro atoms. The monoisotopic (exact) mass is 573 g/mol. The second kappa shape index (κ2) is 8.84. The Morgan fingerprint density at radius 2 is 1.77 bits per heavy atom. The molecule has 1 amide bonds. The maximum Gasteiger partial charge on any atom is 0.269 e. The number of amides is 1. The zero-order chi connectivity index (χ0) is 29.4. The first-order chi connectivity index (χ1) is 18.6. The van der Waals surface area contributed by atoms with Gasteiger partial charge in [-0.3, -0.25) is 29.2 Å². The van der Waals surface area contributed by atoms with E-state index in [-0.39, 0.29) is 35.4 Å². The van der Waals surface area contributed by atoms with Gasteiger partial charge in [0.05, 0.1) is 38.2 Å². The van der Waals surface area contributed by atoms with Crippen molar-refractivity contribution in [3.63, 3.8) is 0 Å². The van der Waals surface area contributed by atoms with Crippen molar-refractivity contribution in [2.75, 3.05) is 4.72 Å². The van der Waals surface area contributed by atoms with Gasteiger partial charge in [0.1, 0.15) is 5.76 Å². The first-order valence-electron chi connectivity index (χ1n) is 12.0. The molecule has 2 aromatic rings. The summed E-state index contributed by atoms with van der Waals surface area (Å²) < 4.78 is 27.9. The zero-order valence-corrected chi connectivity index (χ0v) is 21.3. The van der Waals surface area contributed by atoms with Crippen molar-refractivity contribution in [2.24, 2.45) is 17.1 Å². The number of carbonyl (C=O) groups excluding carboxylic acids is 3. The average Bonchev–Trinajstić information content (AvgIpc) is 2.87. The number of aliphatic hydroxyl groups excluding tert-OH is 2. The molecule has 4 unspecified atom stereocenters. The molecule has 1 fully saturated rings. The number of fused-ring (bicyclic) bond motifs is 3. The van der Waals surface area contributed by atoms with Crippen LogP contribution in [-0.2, 0) is 26.0 Å². The topological polar surface area (TPSA) is 247 Å². The number of nitrogens with one attached hydrogen (secondary N) is 1. The van der Waals surface area contributed by atoms with Gasteiger partial charge in [-0.2, -0.15) is 0 Å². The summed E-state index contributed by atoms with van der Waals surface area (Å²) in [6, 6.07) is 6.30. The number of hydrogen-bond acceptors (Lipinski definition) is 11. The van der Waals surface area contributed by atoms with E-state index in [1.807, 2.05) is 0 Å². The molecule has 0 aliphatic heterocycles. The Kier molecular flexibility index (Phi) is 6.02. The number of carbonyl (C=O) groups is 3. The van der Waals surface area contributed by atoms with Crippen LogP contribution in [0.15, 0.2) is 52.6 Å². The summed E-state index contributed by atoms with van der Waals surface area (Å²) in [7, 11) is -4.41. The van der Waals surface area contributed by atoms with Gasteiger partial charge in [0.15, 0.2) is 22.9 Å². The Morgan fingerprint density at radius 3 is 2.38 bits per heavy atom. The maximum absolute atomic E-state index is 13.8. The number of primary amides is 1. The molecule has 40 heavy (non-hydrogen) atoms. The van der Waals surface area contributed by atoms with Gasteiger partial charge in [-0.25, -0.2) is 8.42 Å². The molecule has 3 aliphatic carbocycles. The summed E-state index contributed by atoms with van der Waals surface area (Å²) in [6.45, 7) is 0. The lowest BCUT2D eigenvalue weighted by Crippen LogP contribution is -2.62. The predicted octanol–water partition coefficient (Wildman–Crippen LogP) is 0.599. The van der Waals surface area contributed by atoms with Gasteiger partial charge in [-0.05, 0) is 43.0 Å². The number of anilines is 1. The van der Waals surface area contributed by atoms with Gasteiger partial charge in [-0.1, -0.05) is 6.07 Å². The molecular weight excluding hydrogens is 550 g/mol. The summed E-state index contributed by atoms with van der Waals surface area (Å²) in [5, 5.41) is 54.3. The number of sulfonamides is 1. The highest BCUT2D eigenvalue weighted by atomic mass is 32.2. The number of phenols is 1. The Morgan fingerprint density at radius 1 is 1.12 bits per heavy atom. The number of nitro benzene ring substituents is 1. The van der Waals surface area contributed by atoms with Crippen molar-refractivity contribution in [3.8, 4) is 5.75 Å². The lowest BCUT2D eigenvalue weighted by atomic mass is 9.53. The lowest BCUT2D eigenvalue weighted by molar-refractivity contribution is -0.384. The predicted molar refractivity (Wildman–Crippen MR) is 135 cm³/mol. The number of nitro groups is 1. The van der Waals surface area contributed by atoms with E-state index >= 15 is 0 Å². The van der Waals surface area contributed by atoms with E-state index < -0.39 is 90.2 Å². The van der Waals surface area contributed by atoms with E-state index in [1.54, 1.807) is 0 Å². The number of ketones is 2. The van der Waals surface area contributed by atoms with Gasteiger partial charge >= 0.3 is 0 Å². The van der Waals surface area contributed by atoms with Crippen LogP contribution < -0.4 is 10.5 Å². The quantitative estimate of drug-likeness (QED) is 0.164. The Labute approximate surface area is 225 Å². The zero-order valence-electron chi connectivity index (χ0n) is 20.5. The van der Waals surface area contributed by atoms with Gasteiger partial charge in [0.2, 0.25) is 5.91 Å². The summed E-state index contributed by atoms with van der Waals surface area (Å²) in [4.78, 5) is 49.1. The Balaban J connectivity index is 1.61. The molecule has 210 valence electrons. The van der Waals surface area contributed by atoms with Crippen molar-refractivity contribution in [1.29, 1.82) is 0 Å². The number of nitrogens with zero attached hydrogens (tertiary/aromatic N) is 1. The summed E-state index contributed by atoms with van der Waals surface area (Å²) >= 11 is 0. The SMILES string of the molecule is NC(=O)C12Cc3ccc(NS(=O)(=O)c4ccc([N+](=O)[O-])cc4)c(O)c3C(=O)C1=C(O)C1(O)C(=O)CC(O)CC1C2. The second-order valence-corrected chi connectivity index (χ2v) is 11.9. The summed E-state index contributed by atoms with van der Waals surface area (Å²) in [5.41, 5.74) is -0.613. The fourth-order valence-corrected chi connectivity index (χ4v) is 7.06. The molecule has 2 aromatic carbocycles. The molecule has 1 saturated carbocycles. The molecule has 7 N–H and O–H groups in total. The fraction of sp³-hybridized carbons (Fsp3) is 0.320. The third kappa shape index (κ3) is 3.76. The maximum atomic E-state index is 13.8. The van der Waals surface area contributed by atoms with Crippen molar-refractivity contribution >= 4 is 38.9 Å². The second-order valence-electron chi connectivity index (χ2n) is 10.2. The van der Waals surface area contributed by atoms with E-state index in [4.69, 9.17) is 5.73 Å². The highest BCUT2D eigenvalue weighted by Gasteiger charge is 2.64. The van der Waals surface area contributed by atoms with E-state index in [0.717, 1.165) is 30.3 Å². The van der Waals surface area contributed by atoms with Crippen LogP contribution in [0.2, 0.25) is 0 Å². The van der Waals surface area contributed by atoms with Crippen LogP contribution in [0.25, 0.3) is 0 Å². The van der Waals surface area contributed by atoms with Crippen LogP contribution >= 0.6 is 0 Å². The van der Waals surface area contributed by atoms with Crippen molar-refractivity contribution in [3.05, 3.63) is 69.0 Å². The van der Waals surface area contributed by atoms with Crippen LogP contribution in [0.1, 0.15) is 35.2 Å². The summed E-state index contributed by atoms with van der Waals surface area (Å²) in [6.07, 6.45) is -2.47. The van der Waals surface area contributed by atoms with E-state index in [2.05, 4.69) is 4.72 Å². The summed E-state index contributed by atoms with van der Waals surface area (Å²) in [5.74, 6) is -6.21. The van der Waals surface area contributed by atoms with E-state index in [0.29, 0.717) is 0 Å². The number of aliphatic hydroxyl groups is 3. The van der Waals surface area contributed by atoms with Gasteiger partial charge < -0.3 is 26.2 Å². The highest BCUT2D eigenvalue weighted by Crippen LogP contribution is 2.56. The molecule has 4 atom stereocenters. The first kappa shape index (κ1) is 27.2.